The van der Waals surface area contributed by atoms with Crippen molar-refractivity contribution < 1.29 is 4.79 Å². The number of para-hydroxylation sites is 1. The van der Waals surface area contributed by atoms with Gasteiger partial charge in [-0.25, -0.2) is 5.01 Å². The van der Waals surface area contributed by atoms with E-state index in [0.29, 0.717) is 22.7 Å². The predicted molar refractivity (Wildman–Crippen MR) is 101 cm³/mol. The van der Waals surface area contributed by atoms with Crippen molar-refractivity contribution in [2.45, 2.75) is 32.9 Å². The predicted octanol–water partition coefficient (Wildman–Crippen LogP) is 1.81. The van der Waals surface area contributed by atoms with Crippen LogP contribution in [0.1, 0.15) is 26.7 Å². The Morgan fingerprint density at radius 1 is 1.32 bits per heavy atom. The van der Waals surface area contributed by atoms with Gasteiger partial charge >= 0.3 is 0 Å². The molecule has 1 aliphatic carbocycles. The number of thioether (sulfide) groups is 1. The summed E-state index contributed by atoms with van der Waals surface area (Å²) in [5.41, 5.74) is 2.06. The molecule has 2 heterocycles. The van der Waals surface area contributed by atoms with Crippen molar-refractivity contribution in [2.75, 3.05) is 6.26 Å². The Labute approximate surface area is 151 Å². The van der Waals surface area contributed by atoms with E-state index in [1.165, 1.54) is 17.3 Å². The summed E-state index contributed by atoms with van der Waals surface area (Å²) in [5.74, 6) is 0.745. The lowest BCUT2D eigenvalue weighted by Gasteiger charge is -2.40. The molecule has 25 heavy (non-hydrogen) atoms. The van der Waals surface area contributed by atoms with Gasteiger partial charge in [0.25, 0.3) is 5.91 Å². The van der Waals surface area contributed by atoms with Crippen LogP contribution in [0.3, 0.4) is 0 Å². The summed E-state index contributed by atoms with van der Waals surface area (Å²) in [6.45, 7) is 4.47. The highest BCUT2D eigenvalue weighted by Gasteiger charge is 2.39. The van der Waals surface area contributed by atoms with E-state index in [4.69, 9.17) is 10.1 Å². The zero-order chi connectivity index (χ0) is 17.6. The molecule has 4 rings (SSSR count). The van der Waals surface area contributed by atoms with Crippen LogP contribution in [0.2, 0.25) is 0 Å². The number of carbonyl (C=O) groups excluding carboxylic acids is 1. The van der Waals surface area contributed by atoms with Crippen LogP contribution in [-0.4, -0.2) is 28.5 Å². The van der Waals surface area contributed by atoms with Gasteiger partial charge in [0.05, 0.1) is 5.36 Å². The zero-order valence-electron chi connectivity index (χ0n) is 14.7. The molecule has 5 nitrogen and oxygen atoms in total. The lowest BCUT2D eigenvalue weighted by atomic mass is 9.79. The molecule has 1 N–H and O–H groups in total. The van der Waals surface area contributed by atoms with Crippen molar-refractivity contribution in [2.24, 2.45) is 21.9 Å². The van der Waals surface area contributed by atoms with E-state index in [-0.39, 0.29) is 12.1 Å². The first-order chi connectivity index (χ1) is 12.1. The van der Waals surface area contributed by atoms with Gasteiger partial charge in [-0.1, -0.05) is 48.5 Å². The number of benzene rings is 1. The number of hydrogen-bond acceptors (Lipinski definition) is 5. The molecule has 3 aliphatic rings. The molecule has 1 aromatic carbocycles. The Morgan fingerprint density at radius 3 is 2.88 bits per heavy atom. The van der Waals surface area contributed by atoms with Gasteiger partial charge in [-0.15, -0.1) is 5.10 Å². The first kappa shape index (κ1) is 16.4. The third-order valence-electron chi connectivity index (χ3n) is 5.23. The fourth-order valence-electron chi connectivity index (χ4n) is 3.95. The van der Waals surface area contributed by atoms with Gasteiger partial charge in [0.1, 0.15) is 11.9 Å². The third kappa shape index (κ3) is 2.78. The molecule has 0 saturated heterocycles. The first-order valence-corrected chi connectivity index (χ1v) is 9.87. The van der Waals surface area contributed by atoms with Crippen molar-refractivity contribution in [3.05, 3.63) is 46.5 Å². The largest absolute Gasteiger partial charge is 0.298 e. The fraction of sp³-hybridized carbons (Fsp3) is 0.421. The first-order valence-electron chi connectivity index (χ1n) is 8.64. The minimum atomic E-state index is -0.141. The summed E-state index contributed by atoms with van der Waals surface area (Å²) >= 11 is 1.45. The van der Waals surface area contributed by atoms with E-state index in [9.17, 15) is 4.79 Å². The number of amidine groups is 1. The number of allylic oxidation sites excluding steroid dienone is 2. The summed E-state index contributed by atoms with van der Waals surface area (Å²) in [4.78, 5) is 17.8. The van der Waals surface area contributed by atoms with Crippen molar-refractivity contribution >= 4 is 28.5 Å². The smallest absolute Gasteiger partial charge is 0.276 e. The molecule has 0 radical (unpaired) electrons. The van der Waals surface area contributed by atoms with Gasteiger partial charge in [-0.05, 0) is 38.0 Å². The van der Waals surface area contributed by atoms with Gasteiger partial charge in [0.2, 0.25) is 0 Å². The van der Waals surface area contributed by atoms with E-state index >= 15 is 0 Å². The quantitative estimate of drug-likeness (QED) is 0.783. The highest BCUT2D eigenvalue weighted by Crippen LogP contribution is 2.36. The molecule has 0 aromatic heterocycles. The molecule has 3 atom stereocenters. The zero-order valence-corrected chi connectivity index (χ0v) is 15.5. The number of nitrogens with zero attached hydrogens (tertiary/aromatic N) is 3. The fourth-order valence-corrected chi connectivity index (χ4v) is 4.32. The molecule has 6 heteroatoms. The van der Waals surface area contributed by atoms with Gasteiger partial charge in [-0.2, -0.15) is 0 Å². The molecule has 0 bridgehead atoms. The van der Waals surface area contributed by atoms with Crippen LogP contribution in [0.15, 0.2) is 46.0 Å². The van der Waals surface area contributed by atoms with Crippen LogP contribution in [0.5, 0.6) is 0 Å². The molecule has 0 spiro atoms. The van der Waals surface area contributed by atoms with E-state index in [1.807, 2.05) is 35.5 Å². The van der Waals surface area contributed by atoms with Gasteiger partial charge in [0, 0.05) is 11.1 Å². The van der Waals surface area contributed by atoms with Gasteiger partial charge in [-0.3, -0.25) is 15.1 Å². The number of nitrogens with one attached hydrogen (secondary N) is 1. The summed E-state index contributed by atoms with van der Waals surface area (Å²) in [6.07, 6.45) is 6.14. The number of fused-ring (bicyclic) bond motifs is 2. The molecule has 0 fully saturated rings. The van der Waals surface area contributed by atoms with Crippen molar-refractivity contribution in [1.29, 1.82) is 0 Å². The van der Waals surface area contributed by atoms with Crippen molar-refractivity contribution in [3.63, 3.8) is 0 Å². The summed E-state index contributed by atoms with van der Waals surface area (Å²) in [6, 6.07) is 7.85. The maximum absolute atomic E-state index is 12.8. The van der Waals surface area contributed by atoms with Crippen LogP contribution in [0.25, 0.3) is 5.70 Å². The minimum Gasteiger partial charge on any atom is -0.298 e. The van der Waals surface area contributed by atoms with Crippen molar-refractivity contribution in [3.8, 4) is 0 Å². The lowest BCUT2D eigenvalue weighted by Crippen LogP contribution is -2.55. The molecule has 0 saturated carbocycles. The molecule has 1 amide bonds. The summed E-state index contributed by atoms with van der Waals surface area (Å²) in [7, 11) is 0. The SMILES string of the molecule is CSC1=NN2C(=c3ccccc3=NC2C2CC=C(C)CC2C)C(=O)N1. The maximum Gasteiger partial charge on any atom is 0.276 e. The molecular weight excluding hydrogens is 332 g/mol. The summed E-state index contributed by atoms with van der Waals surface area (Å²) < 4.78 is 0. The van der Waals surface area contributed by atoms with Crippen LogP contribution in [0, 0.1) is 11.8 Å². The standard InChI is InChI=1S/C19H22N4OS/c1-11-8-9-13(12(2)10-11)17-20-15-7-5-4-6-14(15)16-18(24)21-19(25-3)22-23(16)17/h4-8,12-13,17H,9-10H2,1-3H3,(H,21,22,24). The Morgan fingerprint density at radius 2 is 2.12 bits per heavy atom. The number of carbonyl (C=O) groups is 1. The van der Waals surface area contributed by atoms with E-state index in [2.05, 4.69) is 25.2 Å². The Hall–Kier alpha value is -2.08. The van der Waals surface area contributed by atoms with Crippen LogP contribution >= 0.6 is 11.8 Å². The highest BCUT2D eigenvalue weighted by atomic mass is 32.2. The summed E-state index contributed by atoms with van der Waals surface area (Å²) in [5, 5.41) is 11.8. The highest BCUT2D eigenvalue weighted by molar-refractivity contribution is 8.13. The van der Waals surface area contributed by atoms with Gasteiger partial charge in [0.15, 0.2) is 5.17 Å². The average Bonchev–Trinajstić information content (AvgIpc) is 2.61. The molecule has 2 aliphatic heterocycles. The Bertz CT molecular complexity index is 904. The Balaban J connectivity index is 1.89. The van der Waals surface area contributed by atoms with Gasteiger partial charge < -0.3 is 0 Å². The van der Waals surface area contributed by atoms with E-state index < -0.39 is 0 Å². The normalized spacial score (nSPS) is 28.3. The number of hydrogen-bond donors (Lipinski definition) is 1. The molecule has 130 valence electrons. The van der Waals surface area contributed by atoms with E-state index in [1.54, 1.807) is 0 Å². The number of amides is 1. The van der Waals surface area contributed by atoms with Crippen LogP contribution in [0.4, 0.5) is 0 Å². The van der Waals surface area contributed by atoms with Crippen molar-refractivity contribution in [1.82, 2.24) is 10.3 Å². The average molecular weight is 354 g/mol. The van der Waals surface area contributed by atoms with E-state index in [0.717, 1.165) is 23.4 Å². The second-order valence-electron chi connectivity index (χ2n) is 6.95. The minimum absolute atomic E-state index is 0.0955. The Kier molecular flexibility index (Phi) is 4.15. The third-order valence-corrected chi connectivity index (χ3v) is 5.80. The molecular formula is C19H22N4OS. The number of rotatable bonds is 1. The van der Waals surface area contributed by atoms with Crippen LogP contribution < -0.4 is 15.9 Å². The second-order valence-corrected chi connectivity index (χ2v) is 7.74. The number of hydrazone groups is 1. The molecule has 3 unspecified atom stereocenters. The van der Waals surface area contributed by atoms with Crippen LogP contribution in [-0.2, 0) is 4.79 Å². The maximum atomic E-state index is 12.8. The lowest BCUT2D eigenvalue weighted by molar-refractivity contribution is -0.116. The monoisotopic (exact) mass is 354 g/mol. The molecule has 1 aromatic rings. The topological polar surface area (TPSA) is 57.1 Å². The second kappa shape index (κ2) is 6.33.